The molecule has 2 aliphatic rings. The van der Waals surface area contributed by atoms with Gasteiger partial charge in [0, 0.05) is 38.0 Å². The van der Waals surface area contributed by atoms with Crippen LogP contribution in [-0.2, 0) is 11.2 Å². The van der Waals surface area contributed by atoms with Gasteiger partial charge in [0.1, 0.15) is 5.75 Å². The number of methoxy groups -OCH3 is 1. The highest BCUT2D eigenvalue weighted by molar-refractivity contribution is 6.09. The van der Waals surface area contributed by atoms with Crippen LogP contribution in [0.25, 0.3) is 22.6 Å². The number of amides is 2. The van der Waals surface area contributed by atoms with Crippen LogP contribution in [0.2, 0.25) is 0 Å². The fourth-order valence-corrected chi connectivity index (χ4v) is 4.97. The number of hydrogen-bond acceptors (Lipinski definition) is 4. The molecule has 1 aliphatic carbocycles. The van der Waals surface area contributed by atoms with Gasteiger partial charge in [0.15, 0.2) is 0 Å². The molecular formula is C28H29N3O3. The van der Waals surface area contributed by atoms with Gasteiger partial charge >= 0.3 is 0 Å². The number of pyridine rings is 1. The Hall–Kier alpha value is -3.67. The number of allylic oxidation sites excluding steroid dienone is 1. The minimum atomic E-state index is 0.0455. The van der Waals surface area contributed by atoms with Crippen LogP contribution in [0.5, 0.6) is 5.75 Å². The summed E-state index contributed by atoms with van der Waals surface area (Å²) >= 11 is 0. The van der Waals surface area contributed by atoms with E-state index in [4.69, 9.17) is 9.72 Å². The van der Waals surface area contributed by atoms with Crippen LogP contribution >= 0.6 is 0 Å². The number of benzene rings is 2. The van der Waals surface area contributed by atoms with Crippen molar-refractivity contribution >= 4 is 34.4 Å². The topological polar surface area (TPSA) is 62.7 Å². The van der Waals surface area contributed by atoms with E-state index in [1.807, 2.05) is 65.3 Å². The minimum Gasteiger partial charge on any atom is -0.497 e. The normalized spacial score (nSPS) is 16.7. The molecule has 0 spiro atoms. The smallest absolute Gasteiger partial charge is 0.255 e. The quantitative estimate of drug-likeness (QED) is 0.584. The molecule has 0 unspecified atom stereocenters. The lowest BCUT2D eigenvalue weighted by Gasteiger charge is -2.35. The zero-order chi connectivity index (χ0) is 23.7. The Labute approximate surface area is 199 Å². The molecule has 34 heavy (non-hydrogen) atoms. The van der Waals surface area contributed by atoms with Crippen LogP contribution in [0, 0.1) is 0 Å². The maximum atomic E-state index is 13.8. The molecule has 1 aliphatic heterocycles. The molecular weight excluding hydrogens is 426 g/mol. The molecule has 0 N–H and O–H groups in total. The Morgan fingerprint density at radius 3 is 2.38 bits per heavy atom. The number of piperazine rings is 1. The molecule has 6 nitrogen and oxygen atoms in total. The molecule has 0 bridgehead atoms. The second kappa shape index (κ2) is 9.29. The zero-order valence-corrected chi connectivity index (χ0v) is 19.7. The number of hydrogen-bond donors (Lipinski definition) is 0. The maximum absolute atomic E-state index is 13.8. The monoisotopic (exact) mass is 455 g/mol. The Morgan fingerprint density at radius 1 is 0.971 bits per heavy atom. The number of nitrogens with zero attached hydrogens (tertiary/aromatic N) is 3. The number of carbonyl (C=O) groups excluding carboxylic acids is 2. The summed E-state index contributed by atoms with van der Waals surface area (Å²) in [7, 11) is 1.66. The highest BCUT2D eigenvalue weighted by Crippen LogP contribution is 2.38. The van der Waals surface area contributed by atoms with Crippen molar-refractivity contribution in [3.8, 4) is 5.75 Å². The molecule has 5 rings (SSSR count). The van der Waals surface area contributed by atoms with Gasteiger partial charge in [-0.2, -0.15) is 0 Å². The number of para-hydroxylation sites is 1. The molecule has 2 amide bonds. The lowest BCUT2D eigenvalue weighted by Crippen LogP contribution is -2.50. The average Bonchev–Trinajstić information content (AvgIpc) is 3.28. The van der Waals surface area contributed by atoms with E-state index in [-0.39, 0.29) is 11.8 Å². The summed E-state index contributed by atoms with van der Waals surface area (Å²) in [5.74, 6) is 1.02. The number of fused-ring (bicyclic) bond motifs is 2. The maximum Gasteiger partial charge on any atom is 0.255 e. The highest BCUT2D eigenvalue weighted by atomic mass is 16.5. The second-order valence-electron chi connectivity index (χ2n) is 8.80. The van der Waals surface area contributed by atoms with Crippen molar-refractivity contribution in [2.45, 2.75) is 26.2 Å². The van der Waals surface area contributed by atoms with Gasteiger partial charge in [0.25, 0.3) is 5.91 Å². The van der Waals surface area contributed by atoms with E-state index in [0.717, 1.165) is 57.5 Å². The number of ether oxygens (including phenoxy) is 1. The van der Waals surface area contributed by atoms with Gasteiger partial charge in [0.05, 0.1) is 23.9 Å². The van der Waals surface area contributed by atoms with E-state index in [1.54, 1.807) is 7.11 Å². The van der Waals surface area contributed by atoms with E-state index < -0.39 is 0 Å². The number of carbonyl (C=O) groups is 2. The van der Waals surface area contributed by atoms with Gasteiger partial charge in [-0.05, 0) is 53.8 Å². The van der Waals surface area contributed by atoms with Gasteiger partial charge in [0.2, 0.25) is 5.91 Å². The molecule has 1 fully saturated rings. The van der Waals surface area contributed by atoms with Crippen molar-refractivity contribution in [2.24, 2.45) is 0 Å². The molecule has 2 heterocycles. The lowest BCUT2D eigenvalue weighted by molar-refractivity contribution is -0.132. The van der Waals surface area contributed by atoms with Crippen LogP contribution in [0.15, 0.2) is 48.5 Å². The number of aromatic nitrogens is 1. The van der Waals surface area contributed by atoms with Gasteiger partial charge in [-0.3, -0.25) is 9.59 Å². The van der Waals surface area contributed by atoms with Crippen molar-refractivity contribution in [2.75, 3.05) is 33.3 Å². The highest BCUT2D eigenvalue weighted by Gasteiger charge is 2.31. The van der Waals surface area contributed by atoms with E-state index in [1.165, 1.54) is 0 Å². The predicted octanol–water partition coefficient (Wildman–Crippen LogP) is 4.42. The van der Waals surface area contributed by atoms with Crippen LogP contribution in [-0.4, -0.2) is 59.9 Å². The summed E-state index contributed by atoms with van der Waals surface area (Å²) in [4.78, 5) is 34.6. The summed E-state index contributed by atoms with van der Waals surface area (Å²) in [6.07, 6.45) is 4.31. The van der Waals surface area contributed by atoms with Crippen molar-refractivity contribution < 1.29 is 14.3 Å². The molecule has 1 saturated heterocycles. The summed E-state index contributed by atoms with van der Waals surface area (Å²) < 4.78 is 5.27. The third-order valence-corrected chi connectivity index (χ3v) is 6.83. The fourth-order valence-electron chi connectivity index (χ4n) is 4.97. The van der Waals surface area contributed by atoms with E-state index >= 15 is 0 Å². The third-order valence-electron chi connectivity index (χ3n) is 6.83. The van der Waals surface area contributed by atoms with Gasteiger partial charge < -0.3 is 14.5 Å². The van der Waals surface area contributed by atoms with Crippen molar-refractivity contribution in [3.05, 3.63) is 70.9 Å². The minimum absolute atomic E-state index is 0.0455. The van der Waals surface area contributed by atoms with Gasteiger partial charge in [-0.1, -0.05) is 37.3 Å². The molecule has 1 aromatic heterocycles. The largest absolute Gasteiger partial charge is 0.497 e. The van der Waals surface area contributed by atoms with Gasteiger partial charge in [-0.25, -0.2) is 4.98 Å². The van der Waals surface area contributed by atoms with Crippen LogP contribution in [0.1, 0.15) is 46.9 Å². The molecule has 3 aromatic rings. The van der Waals surface area contributed by atoms with Crippen LogP contribution < -0.4 is 4.74 Å². The van der Waals surface area contributed by atoms with Crippen molar-refractivity contribution in [3.63, 3.8) is 0 Å². The Morgan fingerprint density at radius 2 is 1.68 bits per heavy atom. The average molecular weight is 456 g/mol. The number of rotatable bonds is 4. The van der Waals surface area contributed by atoms with Crippen molar-refractivity contribution in [1.29, 1.82) is 0 Å². The molecule has 174 valence electrons. The first kappa shape index (κ1) is 22.1. The Kier molecular flexibility index (Phi) is 6.05. The first-order valence-electron chi connectivity index (χ1n) is 11.9. The molecule has 6 heteroatoms. The van der Waals surface area contributed by atoms with Crippen LogP contribution in [0.4, 0.5) is 0 Å². The standard InChI is InChI=1S/C28H29N3O3/c1-3-25(32)30-14-16-31(17-15-30)28(33)26-22-6-4-5-7-24(22)29-27-20(10-13-23(26)27)18-19-8-11-21(34-2)12-9-19/h4-9,11-12,18H,3,10,13-17H2,1-2H3/b20-18+. The molecule has 0 saturated carbocycles. The predicted molar refractivity (Wildman–Crippen MR) is 134 cm³/mol. The summed E-state index contributed by atoms with van der Waals surface area (Å²) in [5, 5.41) is 0.906. The fraction of sp³-hybridized carbons (Fsp3) is 0.321. The van der Waals surface area contributed by atoms with Gasteiger partial charge in [-0.15, -0.1) is 0 Å². The summed E-state index contributed by atoms with van der Waals surface area (Å²) in [6.45, 7) is 4.18. The van der Waals surface area contributed by atoms with E-state index in [0.29, 0.717) is 32.6 Å². The second-order valence-corrected chi connectivity index (χ2v) is 8.80. The SMILES string of the molecule is CCC(=O)N1CCN(C(=O)c2c3c(nc4ccccc24)/C(=C/c2ccc(OC)cc2)CC3)CC1. The summed E-state index contributed by atoms with van der Waals surface area (Å²) in [5.41, 5.74) is 5.82. The molecule has 0 atom stereocenters. The zero-order valence-electron chi connectivity index (χ0n) is 19.7. The Balaban J connectivity index is 1.51. The third kappa shape index (κ3) is 4.04. The molecule has 2 aromatic carbocycles. The summed E-state index contributed by atoms with van der Waals surface area (Å²) in [6, 6.07) is 15.9. The van der Waals surface area contributed by atoms with Crippen LogP contribution in [0.3, 0.4) is 0 Å². The van der Waals surface area contributed by atoms with E-state index in [2.05, 4.69) is 6.08 Å². The first-order chi connectivity index (χ1) is 16.6. The van der Waals surface area contributed by atoms with E-state index in [9.17, 15) is 9.59 Å². The lowest BCUT2D eigenvalue weighted by atomic mass is 9.99. The molecule has 0 radical (unpaired) electrons. The Bertz CT molecular complexity index is 1270. The first-order valence-corrected chi connectivity index (χ1v) is 11.9. The van der Waals surface area contributed by atoms with Crippen molar-refractivity contribution in [1.82, 2.24) is 14.8 Å².